The van der Waals surface area contributed by atoms with Crippen LogP contribution in [0.25, 0.3) is 0 Å². The SMILES string of the molecule is I.NC(=NCCc1cccnc1)Nc1ccc2c(c1)OCCCO2. The van der Waals surface area contributed by atoms with Crippen LogP contribution in [-0.4, -0.2) is 30.7 Å². The first-order valence-corrected chi connectivity index (χ1v) is 7.67. The highest BCUT2D eigenvalue weighted by Gasteiger charge is 2.10. The molecular formula is C17H21IN4O2. The molecule has 0 atom stereocenters. The Bertz CT molecular complexity index is 680. The lowest BCUT2D eigenvalue weighted by Crippen LogP contribution is -2.23. The quantitative estimate of drug-likeness (QED) is 0.434. The second-order valence-corrected chi connectivity index (χ2v) is 5.22. The Hall–Kier alpha value is -2.03. The van der Waals surface area contributed by atoms with Gasteiger partial charge in [-0.05, 0) is 30.2 Å². The molecule has 0 radical (unpaired) electrons. The Labute approximate surface area is 158 Å². The van der Waals surface area contributed by atoms with Crippen molar-refractivity contribution in [1.82, 2.24) is 4.98 Å². The summed E-state index contributed by atoms with van der Waals surface area (Å²) in [5.74, 6) is 1.87. The number of aromatic nitrogens is 1. The molecule has 7 heteroatoms. The van der Waals surface area contributed by atoms with Crippen molar-refractivity contribution in [1.29, 1.82) is 0 Å². The number of rotatable bonds is 4. The zero-order chi connectivity index (χ0) is 15.9. The number of hydrogen-bond acceptors (Lipinski definition) is 4. The average Bonchev–Trinajstić information content (AvgIpc) is 2.81. The van der Waals surface area contributed by atoms with Gasteiger partial charge in [-0.2, -0.15) is 0 Å². The lowest BCUT2D eigenvalue weighted by molar-refractivity contribution is 0.297. The fraction of sp³-hybridized carbons (Fsp3) is 0.294. The standard InChI is InChI=1S/C17H20N4O2.HI/c18-17(20-8-6-13-3-1-7-19-12-13)21-14-4-5-15-16(11-14)23-10-2-9-22-15;/h1,3-5,7,11-12H,2,6,8-10H2,(H3,18,20,21);1H. The van der Waals surface area contributed by atoms with Gasteiger partial charge in [0.25, 0.3) is 0 Å². The molecule has 0 spiro atoms. The Morgan fingerprint density at radius 2 is 2.04 bits per heavy atom. The second-order valence-electron chi connectivity index (χ2n) is 5.22. The van der Waals surface area contributed by atoms with E-state index >= 15 is 0 Å². The van der Waals surface area contributed by atoms with E-state index in [1.54, 1.807) is 6.20 Å². The van der Waals surface area contributed by atoms with Gasteiger partial charge in [-0.3, -0.25) is 9.98 Å². The van der Waals surface area contributed by atoms with Crippen LogP contribution in [0.3, 0.4) is 0 Å². The lowest BCUT2D eigenvalue weighted by Gasteiger charge is -2.10. The van der Waals surface area contributed by atoms with Gasteiger partial charge in [-0.15, -0.1) is 24.0 Å². The van der Waals surface area contributed by atoms with E-state index in [2.05, 4.69) is 15.3 Å². The molecule has 2 heterocycles. The molecule has 3 rings (SSSR count). The van der Waals surface area contributed by atoms with Gasteiger partial charge in [0.15, 0.2) is 17.5 Å². The predicted molar refractivity (Wildman–Crippen MR) is 106 cm³/mol. The normalized spacial score (nSPS) is 13.6. The largest absolute Gasteiger partial charge is 0.490 e. The van der Waals surface area contributed by atoms with E-state index in [1.807, 2.05) is 36.5 Å². The van der Waals surface area contributed by atoms with Crippen molar-refractivity contribution >= 4 is 35.6 Å². The summed E-state index contributed by atoms with van der Waals surface area (Å²) in [4.78, 5) is 8.41. The Morgan fingerprint density at radius 1 is 1.21 bits per heavy atom. The number of guanidine groups is 1. The molecule has 0 amide bonds. The summed E-state index contributed by atoms with van der Waals surface area (Å²) < 4.78 is 11.3. The lowest BCUT2D eigenvalue weighted by atomic mass is 10.2. The summed E-state index contributed by atoms with van der Waals surface area (Å²) in [6.45, 7) is 1.94. The first kappa shape index (κ1) is 18.3. The summed E-state index contributed by atoms with van der Waals surface area (Å²) in [7, 11) is 0. The maximum Gasteiger partial charge on any atom is 0.193 e. The van der Waals surface area contributed by atoms with Gasteiger partial charge in [0.2, 0.25) is 0 Å². The van der Waals surface area contributed by atoms with E-state index in [0.717, 1.165) is 35.6 Å². The van der Waals surface area contributed by atoms with E-state index in [0.29, 0.717) is 25.7 Å². The van der Waals surface area contributed by atoms with E-state index in [-0.39, 0.29) is 24.0 Å². The second kappa shape index (κ2) is 9.31. The maximum absolute atomic E-state index is 5.93. The van der Waals surface area contributed by atoms with Crippen LogP contribution in [0, 0.1) is 0 Å². The monoisotopic (exact) mass is 440 g/mol. The number of anilines is 1. The van der Waals surface area contributed by atoms with Crippen molar-refractivity contribution in [3.63, 3.8) is 0 Å². The topological polar surface area (TPSA) is 81.8 Å². The zero-order valence-corrected chi connectivity index (χ0v) is 15.6. The molecular weight excluding hydrogens is 419 g/mol. The van der Waals surface area contributed by atoms with E-state index in [4.69, 9.17) is 15.2 Å². The summed E-state index contributed by atoms with van der Waals surface area (Å²) in [6, 6.07) is 9.60. The van der Waals surface area contributed by atoms with Gasteiger partial charge in [0.05, 0.1) is 13.2 Å². The molecule has 1 aliphatic rings. The number of benzene rings is 1. The molecule has 1 aromatic heterocycles. The Kier molecular flexibility index (Phi) is 7.10. The van der Waals surface area contributed by atoms with Gasteiger partial charge < -0.3 is 20.5 Å². The molecule has 0 fully saturated rings. The highest BCUT2D eigenvalue weighted by atomic mass is 127. The smallest absolute Gasteiger partial charge is 0.193 e. The third kappa shape index (κ3) is 5.26. The minimum absolute atomic E-state index is 0. The summed E-state index contributed by atoms with van der Waals surface area (Å²) in [5.41, 5.74) is 7.90. The maximum atomic E-state index is 5.93. The van der Waals surface area contributed by atoms with Crippen LogP contribution >= 0.6 is 24.0 Å². The van der Waals surface area contributed by atoms with Gasteiger partial charge >= 0.3 is 0 Å². The van der Waals surface area contributed by atoms with Crippen molar-refractivity contribution in [3.8, 4) is 11.5 Å². The number of halogens is 1. The van der Waals surface area contributed by atoms with Crippen molar-refractivity contribution in [2.24, 2.45) is 10.7 Å². The number of hydrogen-bond donors (Lipinski definition) is 2. The third-order valence-corrected chi connectivity index (χ3v) is 3.43. The van der Waals surface area contributed by atoms with E-state index in [1.165, 1.54) is 0 Å². The number of ether oxygens (including phenoxy) is 2. The summed E-state index contributed by atoms with van der Waals surface area (Å²) in [6.07, 6.45) is 5.28. The summed E-state index contributed by atoms with van der Waals surface area (Å²) in [5, 5.41) is 3.08. The number of pyridine rings is 1. The van der Waals surface area contributed by atoms with E-state index in [9.17, 15) is 0 Å². The molecule has 1 aliphatic heterocycles. The number of nitrogens with zero attached hydrogens (tertiary/aromatic N) is 2. The minimum atomic E-state index is 0. The number of fused-ring (bicyclic) bond motifs is 1. The van der Waals surface area contributed by atoms with Crippen molar-refractivity contribution < 1.29 is 9.47 Å². The third-order valence-electron chi connectivity index (χ3n) is 3.43. The molecule has 0 saturated heterocycles. The molecule has 6 nitrogen and oxygen atoms in total. The number of nitrogens with one attached hydrogen (secondary N) is 1. The fourth-order valence-corrected chi connectivity index (χ4v) is 2.28. The van der Waals surface area contributed by atoms with Crippen LogP contribution < -0.4 is 20.5 Å². The van der Waals surface area contributed by atoms with Crippen LogP contribution in [-0.2, 0) is 6.42 Å². The Balaban J connectivity index is 0.00000208. The molecule has 0 saturated carbocycles. The van der Waals surface area contributed by atoms with Gasteiger partial charge in [0.1, 0.15) is 0 Å². The Morgan fingerprint density at radius 3 is 2.83 bits per heavy atom. The van der Waals surface area contributed by atoms with Gasteiger partial charge in [-0.1, -0.05) is 6.07 Å². The average molecular weight is 440 g/mol. The highest BCUT2D eigenvalue weighted by molar-refractivity contribution is 14.0. The molecule has 0 aliphatic carbocycles. The molecule has 0 bridgehead atoms. The molecule has 2 aromatic rings. The van der Waals surface area contributed by atoms with Crippen molar-refractivity contribution in [2.75, 3.05) is 25.1 Å². The number of aliphatic imine (C=N–C) groups is 1. The molecule has 3 N–H and O–H groups in total. The predicted octanol–water partition coefficient (Wildman–Crippen LogP) is 2.83. The molecule has 24 heavy (non-hydrogen) atoms. The minimum Gasteiger partial charge on any atom is -0.490 e. The molecule has 128 valence electrons. The van der Waals surface area contributed by atoms with Crippen LogP contribution in [0.2, 0.25) is 0 Å². The van der Waals surface area contributed by atoms with E-state index < -0.39 is 0 Å². The van der Waals surface area contributed by atoms with Gasteiger partial charge in [-0.25, -0.2) is 0 Å². The van der Waals surface area contributed by atoms with Crippen molar-refractivity contribution in [2.45, 2.75) is 12.8 Å². The molecule has 0 unspecified atom stereocenters. The van der Waals surface area contributed by atoms with Crippen LogP contribution in [0.15, 0.2) is 47.7 Å². The van der Waals surface area contributed by atoms with Crippen LogP contribution in [0.5, 0.6) is 11.5 Å². The highest BCUT2D eigenvalue weighted by Crippen LogP contribution is 2.32. The fourth-order valence-electron chi connectivity index (χ4n) is 2.28. The van der Waals surface area contributed by atoms with Gasteiger partial charge in [0, 0.05) is 37.1 Å². The van der Waals surface area contributed by atoms with Crippen LogP contribution in [0.4, 0.5) is 5.69 Å². The molecule has 1 aromatic carbocycles. The zero-order valence-electron chi connectivity index (χ0n) is 13.3. The van der Waals surface area contributed by atoms with Crippen LogP contribution in [0.1, 0.15) is 12.0 Å². The first-order valence-electron chi connectivity index (χ1n) is 7.67. The summed E-state index contributed by atoms with van der Waals surface area (Å²) >= 11 is 0. The van der Waals surface area contributed by atoms with Crippen molar-refractivity contribution in [3.05, 3.63) is 48.3 Å². The first-order chi connectivity index (χ1) is 11.3. The number of nitrogens with two attached hydrogens (primary N) is 1.